The second kappa shape index (κ2) is 9.93. The van der Waals surface area contributed by atoms with Gasteiger partial charge in [-0.1, -0.05) is 66.8 Å². The molecule has 1 N–H and O–H groups in total. The summed E-state index contributed by atoms with van der Waals surface area (Å²) >= 11 is 1.51. The predicted molar refractivity (Wildman–Crippen MR) is 155 cm³/mol. The van der Waals surface area contributed by atoms with E-state index in [4.69, 9.17) is 4.74 Å². The van der Waals surface area contributed by atoms with Crippen LogP contribution in [0.25, 0.3) is 0 Å². The molecular formula is C32H34N2O5S. The molecule has 7 nitrogen and oxygen atoms in total. The Morgan fingerprint density at radius 2 is 1.70 bits per heavy atom. The Morgan fingerprint density at radius 1 is 0.975 bits per heavy atom. The van der Waals surface area contributed by atoms with E-state index in [1.807, 2.05) is 93.6 Å². The lowest BCUT2D eigenvalue weighted by Gasteiger charge is -2.40. The van der Waals surface area contributed by atoms with E-state index in [9.17, 15) is 19.5 Å². The highest BCUT2D eigenvalue weighted by Crippen LogP contribution is 2.65. The Morgan fingerprint density at radius 3 is 2.40 bits per heavy atom. The van der Waals surface area contributed by atoms with E-state index in [1.54, 1.807) is 9.80 Å². The fraction of sp³-hybridized carbons (Fsp3) is 0.406. The number of nitrogens with zero attached hydrogens (tertiary/aromatic N) is 2. The predicted octanol–water partition coefficient (Wildman–Crippen LogP) is 3.61. The number of aliphatic hydroxyl groups is 1. The van der Waals surface area contributed by atoms with Crippen molar-refractivity contribution in [1.82, 2.24) is 4.90 Å². The number of cyclic esters (lactones) is 1. The van der Waals surface area contributed by atoms with Gasteiger partial charge in [0.1, 0.15) is 12.6 Å². The van der Waals surface area contributed by atoms with Crippen molar-refractivity contribution in [2.75, 3.05) is 24.7 Å². The van der Waals surface area contributed by atoms with Gasteiger partial charge in [-0.15, -0.1) is 11.8 Å². The van der Waals surface area contributed by atoms with Crippen LogP contribution in [-0.2, 0) is 25.5 Å². The normalized spacial score (nSPS) is 31.8. The molecule has 0 radical (unpaired) electrons. The zero-order valence-corrected chi connectivity index (χ0v) is 23.8. The molecule has 1 unspecified atom stereocenters. The summed E-state index contributed by atoms with van der Waals surface area (Å²) in [6.45, 7) is 6.13. The molecular weight excluding hydrogens is 524 g/mol. The molecule has 4 aliphatic rings. The highest BCUT2D eigenvalue weighted by atomic mass is 32.2. The molecule has 208 valence electrons. The van der Waals surface area contributed by atoms with Crippen LogP contribution < -0.4 is 4.90 Å². The first-order valence-electron chi connectivity index (χ1n) is 13.8. The number of anilines is 1. The average Bonchev–Trinajstić information content (AvgIpc) is 3.20. The van der Waals surface area contributed by atoms with Gasteiger partial charge in [-0.05, 0) is 50.0 Å². The van der Waals surface area contributed by atoms with Crippen molar-refractivity contribution < 1.29 is 24.2 Å². The number of fused-ring (bicyclic) bond motifs is 2. The van der Waals surface area contributed by atoms with E-state index in [2.05, 4.69) is 0 Å². The molecule has 2 aromatic rings. The number of carbonyl (C=O) groups excluding carboxylic acids is 3. The van der Waals surface area contributed by atoms with Gasteiger partial charge in [0.15, 0.2) is 0 Å². The monoisotopic (exact) mass is 558 g/mol. The fourth-order valence-electron chi connectivity index (χ4n) is 7.26. The number of likely N-dealkylation sites (tertiary alicyclic amines) is 1. The van der Waals surface area contributed by atoms with Crippen molar-refractivity contribution >= 4 is 35.2 Å². The summed E-state index contributed by atoms with van der Waals surface area (Å²) in [6, 6.07) is 14.1. The number of esters is 1. The van der Waals surface area contributed by atoms with Crippen LogP contribution in [0.15, 0.2) is 72.8 Å². The summed E-state index contributed by atoms with van der Waals surface area (Å²) in [5.41, 5.74) is 3.72. The number of hydrogen-bond donors (Lipinski definition) is 1. The third-order valence-corrected chi connectivity index (χ3v) is 10.7. The lowest BCUT2D eigenvalue weighted by Crippen LogP contribution is -2.57. The van der Waals surface area contributed by atoms with Gasteiger partial charge in [0.2, 0.25) is 5.91 Å². The summed E-state index contributed by atoms with van der Waals surface area (Å²) in [5.74, 6) is -2.46. The van der Waals surface area contributed by atoms with E-state index in [0.717, 1.165) is 22.4 Å². The maximum Gasteiger partial charge on any atom is 0.311 e. The van der Waals surface area contributed by atoms with E-state index in [0.29, 0.717) is 13.0 Å². The number of aryl methyl sites for hydroxylation is 2. The Bertz CT molecular complexity index is 1400. The lowest BCUT2D eigenvalue weighted by atomic mass is 9.75. The number of benzene rings is 2. The molecule has 6 rings (SSSR count). The molecule has 4 heterocycles. The van der Waals surface area contributed by atoms with Gasteiger partial charge >= 0.3 is 5.97 Å². The Kier molecular flexibility index (Phi) is 6.66. The van der Waals surface area contributed by atoms with Gasteiger partial charge in [0, 0.05) is 17.0 Å². The van der Waals surface area contributed by atoms with E-state index >= 15 is 0 Å². The lowest BCUT2D eigenvalue weighted by molar-refractivity contribution is -0.153. The number of ether oxygens (including phenoxy) is 1. The van der Waals surface area contributed by atoms with E-state index in [1.165, 1.54) is 11.8 Å². The van der Waals surface area contributed by atoms with Crippen LogP contribution in [0.4, 0.5) is 5.69 Å². The topological polar surface area (TPSA) is 87.2 Å². The number of aliphatic hydroxyl groups excluding tert-OH is 1. The summed E-state index contributed by atoms with van der Waals surface area (Å²) < 4.78 is 3.82. The molecule has 2 saturated heterocycles. The molecule has 4 aliphatic heterocycles. The number of thioether (sulfide) groups is 1. The highest BCUT2D eigenvalue weighted by molar-refractivity contribution is 8.02. The van der Waals surface area contributed by atoms with Crippen molar-refractivity contribution in [3.05, 3.63) is 89.5 Å². The van der Waals surface area contributed by atoms with Crippen LogP contribution in [0.3, 0.4) is 0 Å². The van der Waals surface area contributed by atoms with Crippen LogP contribution in [0.5, 0.6) is 0 Å². The summed E-state index contributed by atoms with van der Waals surface area (Å²) in [4.78, 5) is 46.2. The molecule has 1 spiro atoms. The second-order valence-corrected chi connectivity index (χ2v) is 13.2. The largest absolute Gasteiger partial charge is 0.461 e. The molecule has 0 saturated carbocycles. The van der Waals surface area contributed by atoms with Crippen LogP contribution in [0.2, 0.25) is 0 Å². The van der Waals surface area contributed by atoms with Gasteiger partial charge < -0.3 is 19.6 Å². The Labute approximate surface area is 238 Å². The minimum absolute atomic E-state index is 0.162. The summed E-state index contributed by atoms with van der Waals surface area (Å²) in [5, 5.41) is 10.7. The molecule has 2 amide bonds. The Hall–Kier alpha value is -3.36. The van der Waals surface area contributed by atoms with Crippen LogP contribution in [0.1, 0.15) is 23.6 Å². The quantitative estimate of drug-likeness (QED) is 0.446. The SMILES string of the molecule is Cc1cccc(C)c1N1CC=C[C@]23S[C@]4(C)C=CCOC(=O)[C@@H]4[C@H]2C(=O)N([C@@H](CO)Cc2ccccc2)C3C1=O. The standard InChI is InChI=1S/C32H34N2O5S/c1-20-10-7-11-21(2)26(20)33-16-8-15-32-24(25-30(38)39-17-9-14-31(25,3)40-32)28(36)34(27(32)29(33)37)23(19-35)18-22-12-5-4-6-13-22/h4-15,23-25,27,35H,16-19H2,1-3H3/t23-,24+,25+,27?,31-,32+/m1/s1. The molecule has 6 atom stereocenters. The van der Waals surface area contributed by atoms with Gasteiger partial charge in [-0.2, -0.15) is 0 Å². The van der Waals surface area contributed by atoms with Crippen LogP contribution in [-0.4, -0.2) is 69.1 Å². The minimum Gasteiger partial charge on any atom is -0.461 e. The number of para-hydroxylation sites is 1. The van der Waals surface area contributed by atoms with Crippen molar-refractivity contribution in [2.24, 2.45) is 11.8 Å². The maximum absolute atomic E-state index is 14.8. The number of amides is 2. The second-order valence-electron chi connectivity index (χ2n) is 11.4. The molecule has 0 aliphatic carbocycles. The highest BCUT2D eigenvalue weighted by Gasteiger charge is 2.74. The van der Waals surface area contributed by atoms with E-state index < -0.39 is 39.4 Å². The van der Waals surface area contributed by atoms with Gasteiger partial charge in [0.05, 0.1) is 29.2 Å². The Balaban J connectivity index is 1.52. The smallest absolute Gasteiger partial charge is 0.311 e. The van der Waals surface area contributed by atoms with Crippen molar-refractivity contribution in [3.8, 4) is 0 Å². The third kappa shape index (κ3) is 3.95. The molecule has 0 aromatic heterocycles. The molecule has 2 fully saturated rings. The zero-order chi connectivity index (χ0) is 28.2. The maximum atomic E-state index is 14.8. The van der Waals surface area contributed by atoms with Gasteiger partial charge in [0.25, 0.3) is 5.91 Å². The van der Waals surface area contributed by atoms with Gasteiger partial charge in [-0.3, -0.25) is 14.4 Å². The van der Waals surface area contributed by atoms with Crippen molar-refractivity contribution in [2.45, 2.75) is 48.8 Å². The number of hydrogen-bond acceptors (Lipinski definition) is 6. The zero-order valence-electron chi connectivity index (χ0n) is 22.9. The van der Waals surface area contributed by atoms with Gasteiger partial charge in [-0.25, -0.2) is 0 Å². The average molecular weight is 559 g/mol. The van der Waals surface area contributed by atoms with Crippen molar-refractivity contribution in [3.63, 3.8) is 0 Å². The summed E-state index contributed by atoms with van der Waals surface area (Å²) in [7, 11) is 0. The first-order valence-corrected chi connectivity index (χ1v) is 14.6. The number of carbonyl (C=O) groups is 3. The summed E-state index contributed by atoms with van der Waals surface area (Å²) in [6.07, 6.45) is 8.15. The van der Waals surface area contributed by atoms with Crippen LogP contribution in [0, 0.1) is 25.7 Å². The minimum atomic E-state index is -0.996. The molecule has 8 heteroatoms. The number of rotatable bonds is 5. The molecule has 2 aromatic carbocycles. The first-order chi connectivity index (χ1) is 19.2. The van der Waals surface area contributed by atoms with Crippen LogP contribution >= 0.6 is 11.8 Å². The first kappa shape index (κ1) is 26.8. The third-order valence-electron chi connectivity index (χ3n) is 8.88. The fourth-order valence-corrected chi connectivity index (χ4v) is 9.40. The van der Waals surface area contributed by atoms with E-state index in [-0.39, 0.29) is 25.0 Å². The molecule has 0 bridgehead atoms. The van der Waals surface area contributed by atoms with Crippen molar-refractivity contribution in [1.29, 1.82) is 0 Å². The molecule has 40 heavy (non-hydrogen) atoms.